The number of methoxy groups -OCH3 is 1. The number of ether oxygens (including phenoxy) is 2. The Morgan fingerprint density at radius 3 is 2.64 bits per heavy atom. The Hall–Kier alpha value is -2.84. The van der Waals surface area contributed by atoms with Gasteiger partial charge in [0.05, 0.1) is 23.9 Å². The van der Waals surface area contributed by atoms with Crippen LogP contribution in [0, 0.1) is 11.3 Å². The quantitative estimate of drug-likeness (QED) is 0.832. The topological polar surface area (TPSA) is 71.3 Å². The molecule has 0 heterocycles. The van der Waals surface area contributed by atoms with Crippen LogP contribution < -0.4 is 10.1 Å². The van der Waals surface area contributed by atoms with Gasteiger partial charge in [-0.1, -0.05) is 18.2 Å². The van der Waals surface area contributed by atoms with Gasteiger partial charge in [-0.3, -0.25) is 4.79 Å². The van der Waals surface area contributed by atoms with Crippen molar-refractivity contribution in [3.05, 3.63) is 59.7 Å². The third-order valence-electron chi connectivity index (χ3n) is 2.94. The lowest BCUT2D eigenvalue weighted by molar-refractivity contribution is 0.102. The third kappa shape index (κ3) is 4.08. The highest BCUT2D eigenvalue weighted by Gasteiger charge is 2.11. The maximum Gasteiger partial charge on any atom is 0.255 e. The molecular weight excluding hydrogens is 280 g/mol. The molecule has 0 fully saturated rings. The molecule has 5 heteroatoms. The SMILES string of the molecule is COCCOc1ccc(C#N)cc1NC(=O)c1ccccc1. The molecule has 1 amide bonds. The molecule has 2 aromatic carbocycles. The van der Waals surface area contributed by atoms with Crippen LogP contribution in [-0.2, 0) is 4.74 Å². The number of amides is 1. The summed E-state index contributed by atoms with van der Waals surface area (Å²) >= 11 is 0. The minimum Gasteiger partial charge on any atom is -0.489 e. The van der Waals surface area contributed by atoms with Crippen molar-refractivity contribution < 1.29 is 14.3 Å². The first kappa shape index (κ1) is 15.5. The van der Waals surface area contributed by atoms with Crippen molar-refractivity contribution in [3.63, 3.8) is 0 Å². The lowest BCUT2D eigenvalue weighted by Crippen LogP contribution is -2.14. The fourth-order valence-corrected chi connectivity index (χ4v) is 1.84. The lowest BCUT2D eigenvalue weighted by Gasteiger charge is -2.12. The van der Waals surface area contributed by atoms with Crippen LogP contribution in [0.4, 0.5) is 5.69 Å². The highest BCUT2D eigenvalue weighted by molar-refractivity contribution is 6.05. The minimum atomic E-state index is -0.257. The van der Waals surface area contributed by atoms with Crippen molar-refractivity contribution >= 4 is 11.6 Å². The summed E-state index contributed by atoms with van der Waals surface area (Å²) in [5.41, 5.74) is 1.44. The summed E-state index contributed by atoms with van der Waals surface area (Å²) < 4.78 is 10.5. The van der Waals surface area contributed by atoms with Gasteiger partial charge >= 0.3 is 0 Å². The van der Waals surface area contributed by atoms with Crippen molar-refractivity contribution in [2.24, 2.45) is 0 Å². The minimum absolute atomic E-state index is 0.257. The van der Waals surface area contributed by atoms with Crippen molar-refractivity contribution in [1.82, 2.24) is 0 Å². The maximum atomic E-state index is 12.2. The number of rotatable bonds is 6. The van der Waals surface area contributed by atoms with Gasteiger partial charge in [0, 0.05) is 12.7 Å². The number of benzene rings is 2. The molecular formula is C17H16N2O3. The maximum absolute atomic E-state index is 12.2. The molecule has 0 bridgehead atoms. The summed E-state index contributed by atoms with van der Waals surface area (Å²) in [6.07, 6.45) is 0. The standard InChI is InChI=1S/C17H16N2O3/c1-21-9-10-22-16-8-7-13(12-18)11-15(16)19-17(20)14-5-3-2-4-6-14/h2-8,11H,9-10H2,1H3,(H,19,20). The summed E-state index contributed by atoms with van der Waals surface area (Å²) in [4.78, 5) is 12.2. The van der Waals surface area contributed by atoms with E-state index in [4.69, 9.17) is 14.7 Å². The first-order valence-electron chi connectivity index (χ1n) is 6.77. The van der Waals surface area contributed by atoms with Gasteiger partial charge in [-0.25, -0.2) is 0 Å². The van der Waals surface area contributed by atoms with Crippen LogP contribution in [0.25, 0.3) is 0 Å². The van der Waals surface area contributed by atoms with E-state index in [0.717, 1.165) is 0 Å². The van der Waals surface area contributed by atoms with Crippen molar-refractivity contribution in [3.8, 4) is 11.8 Å². The summed E-state index contributed by atoms with van der Waals surface area (Å²) in [7, 11) is 1.58. The first-order valence-corrected chi connectivity index (χ1v) is 6.77. The van der Waals surface area contributed by atoms with Crippen LogP contribution in [0.1, 0.15) is 15.9 Å². The number of carbonyl (C=O) groups is 1. The van der Waals surface area contributed by atoms with Gasteiger partial charge in [-0.15, -0.1) is 0 Å². The Balaban J connectivity index is 2.20. The van der Waals surface area contributed by atoms with Crippen molar-refractivity contribution in [2.75, 3.05) is 25.6 Å². The molecule has 1 N–H and O–H groups in total. The van der Waals surface area contributed by atoms with Crippen molar-refractivity contribution in [2.45, 2.75) is 0 Å². The van der Waals surface area contributed by atoms with E-state index in [1.165, 1.54) is 0 Å². The Morgan fingerprint density at radius 1 is 1.18 bits per heavy atom. The Bertz CT molecular complexity index is 678. The highest BCUT2D eigenvalue weighted by atomic mass is 16.5. The number of nitrogens with zero attached hydrogens (tertiary/aromatic N) is 1. The van der Waals surface area contributed by atoms with Gasteiger partial charge in [-0.2, -0.15) is 5.26 Å². The third-order valence-corrected chi connectivity index (χ3v) is 2.94. The number of hydrogen-bond donors (Lipinski definition) is 1. The van der Waals surface area contributed by atoms with E-state index in [1.54, 1.807) is 49.6 Å². The van der Waals surface area contributed by atoms with Crippen LogP contribution in [0.15, 0.2) is 48.5 Å². The number of nitriles is 1. The molecule has 2 rings (SSSR count). The number of hydrogen-bond acceptors (Lipinski definition) is 4. The van der Waals surface area contributed by atoms with E-state index < -0.39 is 0 Å². The Kier molecular flexibility index (Phi) is 5.52. The van der Waals surface area contributed by atoms with E-state index >= 15 is 0 Å². The summed E-state index contributed by atoms with van der Waals surface area (Å²) in [6.45, 7) is 0.794. The predicted octanol–water partition coefficient (Wildman–Crippen LogP) is 2.84. The first-order chi connectivity index (χ1) is 10.7. The van der Waals surface area contributed by atoms with Gasteiger partial charge in [0.1, 0.15) is 12.4 Å². The second-order valence-corrected chi connectivity index (χ2v) is 4.48. The molecule has 0 atom stereocenters. The van der Waals surface area contributed by atoms with E-state index in [1.807, 2.05) is 12.1 Å². The van der Waals surface area contributed by atoms with Gasteiger partial charge in [-0.05, 0) is 30.3 Å². The Morgan fingerprint density at radius 2 is 1.95 bits per heavy atom. The number of anilines is 1. The smallest absolute Gasteiger partial charge is 0.255 e. The van der Waals surface area contributed by atoms with Gasteiger partial charge in [0.25, 0.3) is 5.91 Å². The fraction of sp³-hybridized carbons (Fsp3) is 0.176. The van der Waals surface area contributed by atoms with Crippen molar-refractivity contribution in [1.29, 1.82) is 5.26 Å². The van der Waals surface area contributed by atoms with Crippen LogP contribution >= 0.6 is 0 Å². The summed E-state index contributed by atoms with van der Waals surface area (Å²) in [5.74, 6) is 0.243. The molecule has 0 saturated heterocycles. The van der Waals surface area contributed by atoms with E-state index in [-0.39, 0.29) is 5.91 Å². The molecule has 0 spiro atoms. The summed E-state index contributed by atoms with van der Waals surface area (Å²) in [6, 6.07) is 15.8. The zero-order valence-corrected chi connectivity index (χ0v) is 12.2. The van der Waals surface area contributed by atoms with Gasteiger partial charge in [0.2, 0.25) is 0 Å². The molecule has 2 aromatic rings. The molecule has 0 aliphatic carbocycles. The molecule has 0 unspecified atom stereocenters. The lowest BCUT2D eigenvalue weighted by atomic mass is 10.1. The number of carbonyl (C=O) groups excluding carboxylic acids is 1. The average Bonchev–Trinajstić information content (AvgIpc) is 2.57. The molecule has 0 aromatic heterocycles. The summed E-state index contributed by atoms with van der Waals surface area (Å²) in [5, 5.41) is 11.8. The zero-order valence-electron chi connectivity index (χ0n) is 12.2. The predicted molar refractivity (Wildman–Crippen MR) is 82.9 cm³/mol. The highest BCUT2D eigenvalue weighted by Crippen LogP contribution is 2.26. The van der Waals surface area contributed by atoms with Crippen LogP contribution in [-0.4, -0.2) is 26.2 Å². The number of nitrogens with one attached hydrogen (secondary N) is 1. The molecule has 5 nitrogen and oxygen atoms in total. The molecule has 0 aliphatic rings. The van der Waals surface area contributed by atoms with Crippen LogP contribution in [0.5, 0.6) is 5.75 Å². The molecule has 22 heavy (non-hydrogen) atoms. The van der Waals surface area contributed by atoms with Gasteiger partial charge < -0.3 is 14.8 Å². The average molecular weight is 296 g/mol. The van der Waals surface area contributed by atoms with E-state index in [0.29, 0.717) is 35.8 Å². The molecule has 0 radical (unpaired) electrons. The molecule has 0 aliphatic heterocycles. The zero-order chi connectivity index (χ0) is 15.8. The van der Waals surface area contributed by atoms with Gasteiger partial charge in [0.15, 0.2) is 0 Å². The monoisotopic (exact) mass is 296 g/mol. The van der Waals surface area contributed by atoms with Crippen LogP contribution in [0.2, 0.25) is 0 Å². The van der Waals surface area contributed by atoms with E-state index in [2.05, 4.69) is 5.32 Å². The van der Waals surface area contributed by atoms with Crippen LogP contribution in [0.3, 0.4) is 0 Å². The molecule has 0 saturated carbocycles. The second-order valence-electron chi connectivity index (χ2n) is 4.48. The molecule has 112 valence electrons. The Labute approximate surface area is 129 Å². The normalized spacial score (nSPS) is 9.82. The fourth-order valence-electron chi connectivity index (χ4n) is 1.84. The largest absolute Gasteiger partial charge is 0.489 e. The van der Waals surface area contributed by atoms with E-state index in [9.17, 15) is 4.79 Å². The second kappa shape index (κ2) is 7.81.